The second-order valence-electron chi connectivity index (χ2n) is 10.7. The zero-order chi connectivity index (χ0) is 31.8. The zero-order valence-electron chi connectivity index (χ0n) is 26.2. The van der Waals surface area contributed by atoms with Crippen LogP contribution in [0.25, 0.3) is 54.6 Å². The average Bonchev–Trinajstić information content (AvgIpc) is 3.43. The van der Waals surface area contributed by atoms with Gasteiger partial charge in [0.1, 0.15) is 0 Å². The Morgan fingerprint density at radius 1 is 0.756 bits per heavy atom. The first-order valence-corrected chi connectivity index (χ1v) is 15.1. The molecule has 1 aromatic heterocycles. The predicted molar refractivity (Wildman–Crippen MR) is 197 cm³/mol. The Kier molecular flexibility index (Phi) is 9.66. The van der Waals surface area contributed by atoms with E-state index in [2.05, 4.69) is 126 Å². The fourth-order valence-corrected chi connectivity index (χ4v) is 5.59. The van der Waals surface area contributed by atoms with E-state index in [-0.39, 0.29) is 0 Å². The SMILES string of the molecule is C/C=C\C(=C/NC(/C=C\N)=C/C)c1ccc2c(ccc3c4ccccc4n(-c4cccc5ccccc45)c23)c1.C=C/C(C)=C\N. The molecule has 0 amide bonds. The van der Waals surface area contributed by atoms with Gasteiger partial charge in [-0.2, -0.15) is 0 Å². The van der Waals surface area contributed by atoms with E-state index >= 15 is 0 Å². The molecule has 4 heteroatoms. The summed E-state index contributed by atoms with van der Waals surface area (Å²) in [6.07, 6.45) is 14.8. The molecule has 0 bridgehead atoms. The number of aromatic nitrogens is 1. The summed E-state index contributed by atoms with van der Waals surface area (Å²) in [4.78, 5) is 0. The summed E-state index contributed by atoms with van der Waals surface area (Å²) in [6.45, 7) is 9.41. The fourth-order valence-electron chi connectivity index (χ4n) is 5.59. The topological polar surface area (TPSA) is 69.0 Å². The molecule has 0 aliphatic rings. The van der Waals surface area contributed by atoms with Crippen LogP contribution in [0.2, 0.25) is 0 Å². The van der Waals surface area contributed by atoms with E-state index in [0.717, 1.165) is 22.4 Å². The molecule has 224 valence electrons. The Hall–Kier alpha value is -5.74. The summed E-state index contributed by atoms with van der Waals surface area (Å²) in [5.41, 5.74) is 18.5. The van der Waals surface area contributed by atoms with Crippen LogP contribution in [0.3, 0.4) is 0 Å². The van der Waals surface area contributed by atoms with Crippen LogP contribution in [-0.2, 0) is 0 Å². The number of nitrogens with zero attached hydrogens (tertiary/aromatic N) is 1. The first kappa shape index (κ1) is 30.7. The summed E-state index contributed by atoms with van der Waals surface area (Å²) in [5.74, 6) is 0. The summed E-state index contributed by atoms with van der Waals surface area (Å²) >= 11 is 0. The molecule has 0 unspecified atom stereocenters. The molecule has 4 nitrogen and oxygen atoms in total. The highest BCUT2D eigenvalue weighted by atomic mass is 15.0. The second-order valence-corrected chi connectivity index (χ2v) is 10.7. The van der Waals surface area contributed by atoms with Gasteiger partial charge >= 0.3 is 0 Å². The van der Waals surface area contributed by atoms with Crippen molar-refractivity contribution in [3.8, 4) is 5.69 Å². The largest absolute Gasteiger partial charge is 0.405 e. The highest BCUT2D eigenvalue weighted by molar-refractivity contribution is 6.19. The smallest absolute Gasteiger partial charge is 0.0619 e. The molecule has 0 saturated heterocycles. The van der Waals surface area contributed by atoms with Crippen molar-refractivity contribution >= 4 is 48.9 Å². The molecule has 0 aliphatic heterocycles. The molecule has 0 saturated carbocycles. The van der Waals surface area contributed by atoms with Gasteiger partial charge in [0.15, 0.2) is 0 Å². The lowest BCUT2D eigenvalue weighted by Crippen LogP contribution is -2.04. The lowest BCUT2D eigenvalue weighted by molar-refractivity contribution is 1.10. The van der Waals surface area contributed by atoms with Crippen molar-refractivity contribution in [3.63, 3.8) is 0 Å². The molecule has 0 aliphatic carbocycles. The van der Waals surface area contributed by atoms with Crippen molar-refractivity contribution in [1.82, 2.24) is 9.88 Å². The number of para-hydroxylation sites is 1. The number of benzene rings is 5. The maximum atomic E-state index is 5.60. The number of rotatable bonds is 7. The van der Waals surface area contributed by atoms with Crippen molar-refractivity contribution in [2.75, 3.05) is 0 Å². The van der Waals surface area contributed by atoms with Gasteiger partial charge in [-0.25, -0.2) is 0 Å². The molecule has 5 aromatic carbocycles. The lowest BCUT2D eigenvalue weighted by Gasteiger charge is -2.13. The van der Waals surface area contributed by atoms with Gasteiger partial charge in [-0.05, 0) is 84.9 Å². The molecule has 0 spiro atoms. The third kappa shape index (κ3) is 6.31. The summed E-state index contributed by atoms with van der Waals surface area (Å²) in [6, 6.07) is 35.2. The van der Waals surface area contributed by atoms with Crippen LogP contribution in [0.4, 0.5) is 0 Å². The number of allylic oxidation sites excluding steroid dienone is 7. The van der Waals surface area contributed by atoms with Crippen LogP contribution in [0, 0.1) is 0 Å². The molecular weight excluding hydrogens is 548 g/mol. The number of nitrogens with one attached hydrogen (secondary N) is 1. The number of hydrogen-bond donors (Lipinski definition) is 3. The first-order chi connectivity index (χ1) is 22.0. The van der Waals surface area contributed by atoms with Crippen LogP contribution >= 0.6 is 0 Å². The normalized spacial score (nSPS) is 12.8. The van der Waals surface area contributed by atoms with E-state index in [4.69, 9.17) is 11.5 Å². The quantitative estimate of drug-likeness (QED) is 0.163. The standard InChI is InChI=1S/C36H31N3.C5H9N/c1-3-10-28(24-38-29(4-2)21-22-37)26-17-19-31-27(23-26)18-20-33-32-14-7-8-15-35(32)39(36(31)33)34-16-9-12-25-11-5-6-13-30(25)34;1-3-5(2)4-6/h3-24,38H,37H2,1-2H3;3-4H,1,6H2,2H3/b10-3-,22-21-,28-24+,29-4+;5-4-. The number of fused-ring (bicyclic) bond motifs is 6. The highest BCUT2D eigenvalue weighted by Crippen LogP contribution is 2.38. The minimum absolute atomic E-state index is 0.946. The van der Waals surface area contributed by atoms with Crippen LogP contribution in [-0.4, -0.2) is 4.57 Å². The Morgan fingerprint density at radius 3 is 2.20 bits per heavy atom. The van der Waals surface area contributed by atoms with E-state index in [1.54, 1.807) is 12.3 Å². The first-order valence-electron chi connectivity index (χ1n) is 15.1. The summed E-state index contributed by atoms with van der Waals surface area (Å²) < 4.78 is 2.44. The molecule has 5 N–H and O–H groups in total. The Labute approximate surface area is 265 Å². The van der Waals surface area contributed by atoms with Crippen molar-refractivity contribution in [2.24, 2.45) is 11.5 Å². The molecular formula is C41H40N4. The molecule has 1 heterocycles. The number of nitrogens with two attached hydrogens (primary N) is 2. The Morgan fingerprint density at radius 2 is 1.49 bits per heavy atom. The Bertz CT molecular complexity index is 2150. The molecule has 6 rings (SSSR count). The van der Waals surface area contributed by atoms with Gasteiger partial charge in [0.25, 0.3) is 0 Å². The highest BCUT2D eigenvalue weighted by Gasteiger charge is 2.16. The van der Waals surface area contributed by atoms with Crippen molar-refractivity contribution in [2.45, 2.75) is 20.8 Å². The zero-order valence-corrected chi connectivity index (χ0v) is 26.2. The van der Waals surface area contributed by atoms with Gasteiger partial charge in [0.2, 0.25) is 0 Å². The molecule has 6 aromatic rings. The van der Waals surface area contributed by atoms with Gasteiger partial charge in [0.05, 0.1) is 16.7 Å². The van der Waals surface area contributed by atoms with Gasteiger partial charge < -0.3 is 21.4 Å². The van der Waals surface area contributed by atoms with Crippen LogP contribution in [0.15, 0.2) is 164 Å². The van der Waals surface area contributed by atoms with E-state index < -0.39 is 0 Å². The Balaban J connectivity index is 0.000000609. The van der Waals surface area contributed by atoms with Crippen LogP contribution in [0.5, 0.6) is 0 Å². The van der Waals surface area contributed by atoms with E-state index in [1.165, 1.54) is 55.2 Å². The third-order valence-electron chi connectivity index (χ3n) is 7.90. The predicted octanol–water partition coefficient (Wildman–Crippen LogP) is 10.0. The molecule has 45 heavy (non-hydrogen) atoms. The van der Waals surface area contributed by atoms with Gasteiger partial charge in [-0.3, -0.25) is 0 Å². The summed E-state index contributed by atoms with van der Waals surface area (Å²) in [7, 11) is 0. The minimum Gasteiger partial charge on any atom is -0.405 e. The van der Waals surface area contributed by atoms with E-state index in [0.29, 0.717) is 0 Å². The molecule has 0 fully saturated rings. The fraction of sp³-hybridized carbons (Fsp3) is 0.0732. The van der Waals surface area contributed by atoms with Gasteiger partial charge in [0, 0.05) is 33.4 Å². The molecule has 0 radical (unpaired) electrons. The minimum atomic E-state index is 0.946. The van der Waals surface area contributed by atoms with Crippen molar-refractivity contribution in [3.05, 3.63) is 169 Å². The monoisotopic (exact) mass is 588 g/mol. The maximum Gasteiger partial charge on any atom is 0.0619 e. The summed E-state index contributed by atoms with van der Waals surface area (Å²) in [5, 5.41) is 10.8. The molecule has 0 atom stereocenters. The van der Waals surface area contributed by atoms with Gasteiger partial charge in [-0.1, -0.05) is 110 Å². The number of hydrogen-bond acceptors (Lipinski definition) is 3. The van der Waals surface area contributed by atoms with Crippen molar-refractivity contribution < 1.29 is 0 Å². The van der Waals surface area contributed by atoms with Gasteiger partial charge in [-0.15, -0.1) is 0 Å². The maximum absolute atomic E-state index is 5.60. The third-order valence-corrected chi connectivity index (χ3v) is 7.90. The second kappa shape index (κ2) is 14.2. The van der Waals surface area contributed by atoms with Crippen molar-refractivity contribution in [1.29, 1.82) is 0 Å². The van der Waals surface area contributed by atoms with E-state index in [9.17, 15) is 0 Å². The lowest BCUT2D eigenvalue weighted by atomic mass is 9.99. The van der Waals surface area contributed by atoms with E-state index in [1.807, 2.05) is 39.1 Å². The van der Waals surface area contributed by atoms with Crippen LogP contribution < -0.4 is 16.8 Å². The van der Waals surface area contributed by atoms with Crippen LogP contribution in [0.1, 0.15) is 26.3 Å². The average molecular weight is 589 g/mol.